The van der Waals surface area contributed by atoms with Crippen molar-refractivity contribution in [2.45, 2.75) is 0 Å². The van der Waals surface area contributed by atoms with Gasteiger partial charge in [0.2, 0.25) is 0 Å². The van der Waals surface area contributed by atoms with Crippen molar-refractivity contribution in [3.63, 3.8) is 0 Å². The van der Waals surface area contributed by atoms with E-state index in [-0.39, 0.29) is 0 Å². The fraction of sp³-hybridized carbons (Fsp3) is 0. The van der Waals surface area contributed by atoms with E-state index in [1.807, 2.05) is 6.07 Å². The summed E-state index contributed by atoms with van der Waals surface area (Å²) in [6, 6.07) is 81.8. The fourth-order valence-corrected chi connectivity index (χ4v) is 9.11. The zero-order valence-corrected chi connectivity index (χ0v) is 34.2. The molecule has 4 heteroatoms. The number of benzene rings is 10. The highest BCUT2D eigenvalue weighted by molar-refractivity contribution is 6.10. The normalized spacial score (nSPS) is 11.5. The Balaban J connectivity index is 1.06. The quantitative estimate of drug-likeness (QED) is 0.161. The summed E-state index contributed by atoms with van der Waals surface area (Å²) in [5, 5.41) is 7.00. The monoisotopic (exact) mass is 802 g/mol. The number of para-hydroxylation sites is 2. The summed E-state index contributed by atoms with van der Waals surface area (Å²) in [6.45, 7) is 0. The molecule has 0 unspecified atom stereocenters. The Kier molecular flexibility index (Phi) is 8.79. The lowest BCUT2D eigenvalue weighted by atomic mass is 9.95. The van der Waals surface area contributed by atoms with E-state index in [1.54, 1.807) is 0 Å². The van der Waals surface area contributed by atoms with Crippen LogP contribution in [0.4, 0.5) is 0 Å². The number of hydrogen-bond acceptors (Lipinski definition) is 3. The minimum absolute atomic E-state index is 0.612. The van der Waals surface area contributed by atoms with Gasteiger partial charge in [-0.15, -0.1) is 0 Å². The number of nitrogens with zero attached hydrogens (tertiary/aromatic N) is 4. The Hall–Kier alpha value is -8.47. The average molecular weight is 803 g/mol. The van der Waals surface area contributed by atoms with Gasteiger partial charge in [0.15, 0.2) is 17.5 Å². The first-order chi connectivity index (χ1) is 31.2. The number of fused-ring (bicyclic) bond motifs is 5. The highest BCUT2D eigenvalue weighted by Crippen LogP contribution is 2.38. The minimum Gasteiger partial charge on any atom is -0.309 e. The summed E-state index contributed by atoms with van der Waals surface area (Å²) >= 11 is 0. The van der Waals surface area contributed by atoms with Crippen molar-refractivity contribution in [1.29, 1.82) is 0 Å². The Labute approximate surface area is 365 Å². The van der Waals surface area contributed by atoms with E-state index in [4.69, 9.17) is 15.0 Å². The molecule has 0 aliphatic heterocycles. The molecule has 0 spiro atoms. The molecule has 294 valence electrons. The summed E-state index contributed by atoms with van der Waals surface area (Å²) in [5.41, 5.74) is 13.1. The lowest BCUT2D eigenvalue weighted by Gasteiger charge is -2.15. The number of aromatic nitrogens is 4. The molecule has 0 fully saturated rings. The second-order valence-electron chi connectivity index (χ2n) is 16.1. The molecule has 0 radical (unpaired) electrons. The van der Waals surface area contributed by atoms with Crippen molar-refractivity contribution in [3.05, 3.63) is 231 Å². The highest BCUT2D eigenvalue weighted by atomic mass is 15.0. The molecule has 0 aliphatic carbocycles. The van der Waals surface area contributed by atoms with Gasteiger partial charge < -0.3 is 4.57 Å². The summed E-state index contributed by atoms with van der Waals surface area (Å²) < 4.78 is 2.38. The van der Waals surface area contributed by atoms with Crippen molar-refractivity contribution < 1.29 is 0 Å². The van der Waals surface area contributed by atoms with Crippen LogP contribution < -0.4 is 0 Å². The van der Waals surface area contributed by atoms with E-state index >= 15 is 0 Å². The van der Waals surface area contributed by atoms with Gasteiger partial charge in [-0.2, -0.15) is 0 Å². The third kappa shape index (κ3) is 6.62. The minimum atomic E-state index is 0.612. The highest BCUT2D eigenvalue weighted by Gasteiger charge is 2.18. The summed E-state index contributed by atoms with van der Waals surface area (Å²) in [4.78, 5) is 15.9. The van der Waals surface area contributed by atoms with Crippen molar-refractivity contribution >= 4 is 43.4 Å². The van der Waals surface area contributed by atoms with Crippen molar-refractivity contribution in [2.75, 3.05) is 0 Å². The Morgan fingerprint density at radius 1 is 0.254 bits per heavy atom. The molecule has 0 atom stereocenters. The average Bonchev–Trinajstić information content (AvgIpc) is 3.70. The number of rotatable bonds is 7. The first-order valence-electron chi connectivity index (χ1n) is 21.3. The van der Waals surface area contributed by atoms with Gasteiger partial charge >= 0.3 is 0 Å². The van der Waals surface area contributed by atoms with Crippen LogP contribution in [0.1, 0.15) is 0 Å². The zero-order chi connectivity index (χ0) is 41.7. The van der Waals surface area contributed by atoms with Crippen LogP contribution in [0.15, 0.2) is 231 Å². The largest absolute Gasteiger partial charge is 0.309 e. The van der Waals surface area contributed by atoms with Crippen LogP contribution in [0.25, 0.3) is 117 Å². The fourth-order valence-electron chi connectivity index (χ4n) is 9.11. The standard InChI is InChI=1S/C59H38N4/c1-4-15-39(16-5-1)42-21-14-22-46(34-42)57-60-58(47-30-29-44-33-43(27-28-45(44)35-47)40-17-6-2-7-18-40)62-59(61-57)49-36-48-37-50(31-32-51(48)54(38-49)41-19-8-3-9-20-41)63-55-25-12-10-23-52(55)53-24-11-13-26-56(53)63/h1-38H. The van der Waals surface area contributed by atoms with Crippen LogP contribution >= 0.6 is 0 Å². The molecule has 4 nitrogen and oxygen atoms in total. The van der Waals surface area contributed by atoms with Gasteiger partial charge in [0.25, 0.3) is 0 Å². The van der Waals surface area contributed by atoms with E-state index < -0.39 is 0 Å². The molecule has 12 rings (SSSR count). The first-order valence-corrected chi connectivity index (χ1v) is 21.3. The van der Waals surface area contributed by atoms with Crippen LogP contribution in [0.5, 0.6) is 0 Å². The lowest BCUT2D eigenvalue weighted by Crippen LogP contribution is -2.01. The molecule has 2 heterocycles. The SMILES string of the molecule is c1ccc(-c2cccc(-c3nc(-c4ccc5cc(-c6ccccc6)ccc5c4)nc(-c4cc(-c5ccccc5)c5ccc(-n6c7ccccc7c7ccccc76)cc5c4)n3)c2)cc1. The van der Waals surface area contributed by atoms with Gasteiger partial charge in [0, 0.05) is 33.2 Å². The maximum absolute atomic E-state index is 5.32. The Morgan fingerprint density at radius 3 is 1.35 bits per heavy atom. The van der Waals surface area contributed by atoms with E-state index in [0.29, 0.717) is 17.5 Å². The Morgan fingerprint density at radius 2 is 0.714 bits per heavy atom. The van der Waals surface area contributed by atoms with Crippen LogP contribution in [0.2, 0.25) is 0 Å². The van der Waals surface area contributed by atoms with Crippen molar-refractivity contribution in [2.24, 2.45) is 0 Å². The van der Waals surface area contributed by atoms with Crippen LogP contribution in [0.3, 0.4) is 0 Å². The lowest BCUT2D eigenvalue weighted by molar-refractivity contribution is 1.08. The third-order valence-electron chi connectivity index (χ3n) is 12.2. The maximum Gasteiger partial charge on any atom is 0.164 e. The summed E-state index contributed by atoms with van der Waals surface area (Å²) in [5.74, 6) is 1.85. The smallest absolute Gasteiger partial charge is 0.164 e. The van der Waals surface area contributed by atoms with E-state index in [0.717, 1.165) is 66.2 Å². The van der Waals surface area contributed by atoms with E-state index in [2.05, 4.69) is 229 Å². The third-order valence-corrected chi connectivity index (χ3v) is 12.2. The predicted octanol–water partition coefficient (Wildman–Crippen LogP) is 15.3. The predicted molar refractivity (Wildman–Crippen MR) is 262 cm³/mol. The van der Waals surface area contributed by atoms with Gasteiger partial charge in [0.05, 0.1) is 11.0 Å². The second kappa shape index (κ2) is 15.2. The van der Waals surface area contributed by atoms with Gasteiger partial charge in [-0.25, -0.2) is 15.0 Å². The van der Waals surface area contributed by atoms with Gasteiger partial charge in [0.1, 0.15) is 0 Å². The van der Waals surface area contributed by atoms with Gasteiger partial charge in [-0.05, 0) is 110 Å². The molecule has 0 saturated heterocycles. The topological polar surface area (TPSA) is 43.6 Å². The molecule has 0 N–H and O–H groups in total. The molecule has 63 heavy (non-hydrogen) atoms. The van der Waals surface area contributed by atoms with Crippen LogP contribution in [-0.4, -0.2) is 19.5 Å². The summed E-state index contributed by atoms with van der Waals surface area (Å²) in [6.07, 6.45) is 0. The zero-order valence-electron chi connectivity index (χ0n) is 34.2. The van der Waals surface area contributed by atoms with Gasteiger partial charge in [-0.3, -0.25) is 0 Å². The van der Waals surface area contributed by atoms with Crippen LogP contribution in [0, 0.1) is 0 Å². The first kappa shape index (κ1) is 36.4. The molecule has 12 aromatic rings. The molecular formula is C59H38N4. The Bertz CT molecular complexity index is 3620. The van der Waals surface area contributed by atoms with E-state index in [9.17, 15) is 0 Å². The molecule has 10 aromatic carbocycles. The molecule has 0 amide bonds. The van der Waals surface area contributed by atoms with Crippen molar-refractivity contribution in [1.82, 2.24) is 19.5 Å². The van der Waals surface area contributed by atoms with Crippen molar-refractivity contribution in [3.8, 4) is 73.2 Å². The molecule has 0 aliphatic rings. The second-order valence-corrected chi connectivity index (χ2v) is 16.1. The van der Waals surface area contributed by atoms with Crippen LogP contribution in [-0.2, 0) is 0 Å². The van der Waals surface area contributed by atoms with E-state index in [1.165, 1.54) is 32.9 Å². The molecule has 2 aromatic heterocycles. The number of hydrogen-bond donors (Lipinski definition) is 0. The molecule has 0 saturated carbocycles. The van der Waals surface area contributed by atoms with Gasteiger partial charge in [-0.1, -0.05) is 176 Å². The molecule has 0 bridgehead atoms. The summed E-state index contributed by atoms with van der Waals surface area (Å²) in [7, 11) is 0. The maximum atomic E-state index is 5.32. The molecular weight excluding hydrogens is 765 g/mol.